The van der Waals surface area contributed by atoms with Gasteiger partial charge in [0.25, 0.3) is 0 Å². The van der Waals surface area contributed by atoms with E-state index in [1.165, 1.54) is 37.7 Å². The molecule has 17 heavy (non-hydrogen) atoms. The molecular weight excluding hydrogens is 208 g/mol. The molecule has 0 bridgehead atoms. The van der Waals surface area contributed by atoms with E-state index in [9.17, 15) is 0 Å². The molecule has 2 heteroatoms. The molecule has 0 aromatic carbocycles. The van der Waals surface area contributed by atoms with Crippen molar-refractivity contribution in [3.63, 3.8) is 0 Å². The average Bonchev–Trinajstić information content (AvgIpc) is 2.40. The van der Waals surface area contributed by atoms with E-state index in [1.54, 1.807) is 0 Å². The van der Waals surface area contributed by atoms with Crippen LogP contribution >= 0.6 is 0 Å². The highest BCUT2D eigenvalue weighted by Gasteiger charge is 2.22. The smallest absolute Gasteiger partial charge is 0.0315 e. The summed E-state index contributed by atoms with van der Waals surface area (Å²) in [5.41, 5.74) is 1.30. The molecule has 1 aromatic rings. The summed E-state index contributed by atoms with van der Waals surface area (Å²) in [4.78, 5) is 4.19. The van der Waals surface area contributed by atoms with E-state index in [0.717, 1.165) is 5.92 Å². The maximum atomic E-state index is 4.19. The van der Waals surface area contributed by atoms with Gasteiger partial charge in [-0.15, -0.1) is 0 Å². The lowest BCUT2D eigenvalue weighted by Gasteiger charge is -2.31. The fourth-order valence-corrected chi connectivity index (χ4v) is 2.90. The Hall–Kier alpha value is -0.890. The molecule has 1 aliphatic rings. The third-order valence-corrected chi connectivity index (χ3v) is 4.03. The van der Waals surface area contributed by atoms with Gasteiger partial charge in [-0.25, -0.2) is 0 Å². The Bertz CT molecular complexity index is 323. The number of hydrogen-bond acceptors (Lipinski definition) is 2. The lowest BCUT2D eigenvalue weighted by Crippen LogP contribution is -2.35. The van der Waals surface area contributed by atoms with Gasteiger partial charge in [0.15, 0.2) is 0 Å². The lowest BCUT2D eigenvalue weighted by molar-refractivity contribution is 0.266. The molecule has 3 unspecified atom stereocenters. The molecule has 1 N–H and O–H groups in total. The summed E-state index contributed by atoms with van der Waals surface area (Å²) in [6, 6.07) is 5.29. The summed E-state index contributed by atoms with van der Waals surface area (Å²) in [6.07, 6.45) is 10.6. The molecule has 1 heterocycles. The molecule has 0 radical (unpaired) electrons. The Morgan fingerprint density at radius 3 is 3.06 bits per heavy atom. The van der Waals surface area contributed by atoms with E-state index in [0.29, 0.717) is 12.1 Å². The molecule has 3 atom stereocenters. The van der Waals surface area contributed by atoms with Gasteiger partial charge in [0.05, 0.1) is 0 Å². The Balaban J connectivity index is 1.88. The van der Waals surface area contributed by atoms with E-state index in [2.05, 4.69) is 30.2 Å². The van der Waals surface area contributed by atoms with Crippen LogP contribution in [0.1, 0.15) is 57.6 Å². The third-order valence-electron chi connectivity index (χ3n) is 4.03. The molecule has 0 aliphatic heterocycles. The second kappa shape index (κ2) is 6.15. The minimum atomic E-state index is 0.421. The molecule has 0 saturated heterocycles. The summed E-state index contributed by atoms with van der Waals surface area (Å²) in [5, 5.41) is 3.76. The number of nitrogens with one attached hydrogen (secondary N) is 1. The van der Waals surface area contributed by atoms with E-state index in [-0.39, 0.29) is 0 Å². The molecule has 1 fully saturated rings. The zero-order chi connectivity index (χ0) is 12.1. The van der Waals surface area contributed by atoms with Crippen molar-refractivity contribution < 1.29 is 0 Å². The molecule has 1 saturated carbocycles. The van der Waals surface area contributed by atoms with Crippen molar-refractivity contribution in [1.29, 1.82) is 0 Å². The Kier molecular flexibility index (Phi) is 4.55. The van der Waals surface area contributed by atoms with Crippen molar-refractivity contribution in [2.45, 2.75) is 58.0 Å². The summed E-state index contributed by atoms with van der Waals surface area (Å²) in [6.45, 7) is 4.56. The van der Waals surface area contributed by atoms with Gasteiger partial charge in [0.1, 0.15) is 0 Å². The van der Waals surface area contributed by atoms with Crippen LogP contribution in [-0.2, 0) is 0 Å². The van der Waals surface area contributed by atoms with Crippen LogP contribution in [-0.4, -0.2) is 11.0 Å². The van der Waals surface area contributed by atoms with Gasteiger partial charge in [-0.05, 0) is 37.3 Å². The Morgan fingerprint density at radius 2 is 2.35 bits per heavy atom. The monoisotopic (exact) mass is 232 g/mol. The molecular formula is C15H24N2. The number of aromatic nitrogens is 1. The summed E-state index contributed by atoms with van der Waals surface area (Å²) in [7, 11) is 0. The standard InChI is InChI=1S/C15H24N2/c1-3-13-6-4-8-15(10-13)17-12(2)14-7-5-9-16-11-14/h5,7,9,11-13,15,17H,3-4,6,8,10H2,1-2H3. The van der Waals surface area contributed by atoms with Crippen LogP contribution in [0.25, 0.3) is 0 Å². The zero-order valence-electron chi connectivity index (χ0n) is 11.0. The van der Waals surface area contributed by atoms with Gasteiger partial charge in [-0.3, -0.25) is 4.98 Å². The molecule has 2 nitrogen and oxygen atoms in total. The first-order valence-electron chi connectivity index (χ1n) is 6.95. The molecule has 1 aromatic heterocycles. The van der Waals surface area contributed by atoms with Gasteiger partial charge < -0.3 is 5.32 Å². The SMILES string of the molecule is CCC1CCCC(NC(C)c2cccnc2)C1. The van der Waals surface area contributed by atoms with Crippen LogP contribution < -0.4 is 5.32 Å². The normalized spacial score (nSPS) is 26.7. The van der Waals surface area contributed by atoms with Crippen molar-refractivity contribution in [3.05, 3.63) is 30.1 Å². The highest BCUT2D eigenvalue weighted by Crippen LogP contribution is 2.28. The number of nitrogens with zero attached hydrogens (tertiary/aromatic N) is 1. The van der Waals surface area contributed by atoms with Gasteiger partial charge >= 0.3 is 0 Å². The van der Waals surface area contributed by atoms with Crippen LogP contribution in [0.5, 0.6) is 0 Å². The Morgan fingerprint density at radius 1 is 1.47 bits per heavy atom. The van der Waals surface area contributed by atoms with Gasteiger partial charge in [-0.2, -0.15) is 0 Å². The number of hydrogen-bond donors (Lipinski definition) is 1. The molecule has 0 amide bonds. The van der Waals surface area contributed by atoms with Crippen molar-refractivity contribution in [2.75, 3.05) is 0 Å². The first-order chi connectivity index (χ1) is 8.29. The third kappa shape index (κ3) is 3.53. The largest absolute Gasteiger partial charge is 0.307 e. The van der Waals surface area contributed by atoms with Crippen LogP contribution in [0.3, 0.4) is 0 Å². The van der Waals surface area contributed by atoms with Gasteiger partial charge in [-0.1, -0.05) is 32.3 Å². The first kappa shape index (κ1) is 12.6. The van der Waals surface area contributed by atoms with Crippen molar-refractivity contribution >= 4 is 0 Å². The second-order valence-electron chi connectivity index (χ2n) is 5.31. The van der Waals surface area contributed by atoms with Crippen LogP contribution in [0.2, 0.25) is 0 Å². The van der Waals surface area contributed by atoms with E-state index in [1.807, 2.05) is 18.5 Å². The van der Waals surface area contributed by atoms with E-state index in [4.69, 9.17) is 0 Å². The quantitative estimate of drug-likeness (QED) is 0.856. The first-order valence-corrected chi connectivity index (χ1v) is 6.95. The summed E-state index contributed by atoms with van der Waals surface area (Å²) < 4.78 is 0. The lowest BCUT2D eigenvalue weighted by atomic mass is 9.84. The van der Waals surface area contributed by atoms with E-state index >= 15 is 0 Å². The highest BCUT2D eigenvalue weighted by atomic mass is 14.9. The summed E-state index contributed by atoms with van der Waals surface area (Å²) >= 11 is 0. The topological polar surface area (TPSA) is 24.9 Å². The van der Waals surface area contributed by atoms with Crippen molar-refractivity contribution in [1.82, 2.24) is 10.3 Å². The average molecular weight is 232 g/mol. The maximum absolute atomic E-state index is 4.19. The number of pyridine rings is 1. The van der Waals surface area contributed by atoms with Crippen LogP contribution in [0.15, 0.2) is 24.5 Å². The second-order valence-corrected chi connectivity index (χ2v) is 5.31. The number of rotatable bonds is 4. The predicted octanol–water partition coefficient (Wildman–Crippen LogP) is 3.70. The molecule has 1 aliphatic carbocycles. The van der Waals surface area contributed by atoms with Gasteiger partial charge in [0, 0.05) is 24.5 Å². The fourth-order valence-electron chi connectivity index (χ4n) is 2.90. The minimum absolute atomic E-state index is 0.421. The summed E-state index contributed by atoms with van der Waals surface area (Å²) in [5.74, 6) is 0.933. The molecule has 94 valence electrons. The van der Waals surface area contributed by atoms with Crippen LogP contribution in [0, 0.1) is 5.92 Å². The van der Waals surface area contributed by atoms with Gasteiger partial charge in [0.2, 0.25) is 0 Å². The molecule has 2 rings (SSSR count). The fraction of sp³-hybridized carbons (Fsp3) is 0.667. The zero-order valence-corrected chi connectivity index (χ0v) is 11.0. The van der Waals surface area contributed by atoms with Crippen molar-refractivity contribution in [3.8, 4) is 0 Å². The maximum Gasteiger partial charge on any atom is 0.0315 e. The van der Waals surface area contributed by atoms with Crippen LogP contribution in [0.4, 0.5) is 0 Å². The van der Waals surface area contributed by atoms with E-state index < -0.39 is 0 Å². The van der Waals surface area contributed by atoms with Crippen molar-refractivity contribution in [2.24, 2.45) is 5.92 Å². The highest BCUT2D eigenvalue weighted by molar-refractivity contribution is 5.13. The predicted molar refractivity (Wildman–Crippen MR) is 71.8 cm³/mol. The molecule has 0 spiro atoms. The Labute approximate surface area is 105 Å². The minimum Gasteiger partial charge on any atom is -0.307 e.